The standard InChI is InChI=1S/C17H32N6/c1-13(9-10-17(2,3)4)20-16(18-5)19-12-15-22-21-14-8-6-7-11-23(14)15/h13H,6-12H2,1-5H3,(H2,18,19,20). The number of rotatable bonds is 5. The molecule has 0 saturated heterocycles. The first-order chi connectivity index (χ1) is 10.9. The second kappa shape index (κ2) is 7.79. The maximum absolute atomic E-state index is 4.32. The third-order valence-corrected chi connectivity index (χ3v) is 4.28. The van der Waals surface area contributed by atoms with Crippen LogP contribution in [0.3, 0.4) is 0 Å². The molecule has 1 aromatic heterocycles. The van der Waals surface area contributed by atoms with Crippen LogP contribution in [-0.2, 0) is 19.5 Å². The summed E-state index contributed by atoms with van der Waals surface area (Å²) >= 11 is 0. The van der Waals surface area contributed by atoms with Crippen molar-refractivity contribution in [3.05, 3.63) is 11.6 Å². The van der Waals surface area contributed by atoms with Crippen LogP contribution in [0.4, 0.5) is 0 Å². The normalized spacial score (nSPS) is 16.8. The molecule has 6 nitrogen and oxygen atoms in total. The highest BCUT2D eigenvalue weighted by molar-refractivity contribution is 5.79. The van der Waals surface area contributed by atoms with Crippen LogP contribution in [0.15, 0.2) is 4.99 Å². The fourth-order valence-corrected chi connectivity index (χ4v) is 2.81. The van der Waals surface area contributed by atoms with Crippen molar-refractivity contribution in [2.75, 3.05) is 7.05 Å². The van der Waals surface area contributed by atoms with Gasteiger partial charge in [-0.15, -0.1) is 10.2 Å². The number of aryl methyl sites for hydroxylation is 1. The number of nitrogens with one attached hydrogen (secondary N) is 2. The lowest BCUT2D eigenvalue weighted by atomic mass is 9.89. The van der Waals surface area contributed by atoms with E-state index in [1.807, 2.05) is 7.05 Å². The van der Waals surface area contributed by atoms with Crippen molar-refractivity contribution in [2.45, 2.75) is 78.9 Å². The van der Waals surface area contributed by atoms with Gasteiger partial charge in [0, 0.05) is 26.1 Å². The maximum Gasteiger partial charge on any atom is 0.191 e. The summed E-state index contributed by atoms with van der Waals surface area (Å²) in [4.78, 5) is 4.32. The van der Waals surface area contributed by atoms with Gasteiger partial charge in [-0.25, -0.2) is 0 Å². The zero-order valence-electron chi connectivity index (χ0n) is 15.3. The first-order valence-electron chi connectivity index (χ1n) is 8.77. The summed E-state index contributed by atoms with van der Waals surface area (Å²) in [5.74, 6) is 2.96. The van der Waals surface area contributed by atoms with Crippen LogP contribution in [0.2, 0.25) is 0 Å². The molecular formula is C17H32N6. The fraction of sp³-hybridized carbons (Fsp3) is 0.824. The SMILES string of the molecule is CN=C(NCc1nnc2n1CCCC2)NC(C)CCC(C)(C)C. The predicted octanol–water partition coefficient (Wildman–Crippen LogP) is 2.49. The first kappa shape index (κ1) is 17.8. The van der Waals surface area contributed by atoms with E-state index in [4.69, 9.17) is 0 Å². The monoisotopic (exact) mass is 320 g/mol. The molecule has 2 N–H and O–H groups in total. The highest BCUT2D eigenvalue weighted by atomic mass is 15.3. The fourth-order valence-electron chi connectivity index (χ4n) is 2.81. The first-order valence-corrected chi connectivity index (χ1v) is 8.77. The average Bonchev–Trinajstić information content (AvgIpc) is 2.92. The Balaban J connectivity index is 1.82. The molecule has 130 valence electrons. The van der Waals surface area contributed by atoms with E-state index < -0.39 is 0 Å². The van der Waals surface area contributed by atoms with Gasteiger partial charge in [0.05, 0.1) is 6.54 Å². The second-order valence-electron chi connectivity index (χ2n) is 7.71. The minimum atomic E-state index is 0.369. The number of nitrogens with zero attached hydrogens (tertiary/aromatic N) is 4. The Morgan fingerprint density at radius 3 is 2.78 bits per heavy atom. The lowest BCUT2D eigenvalue weighted by Gasteiger charge is -2.23. The summed E-state index contributed by atoms with van der Waals surface area (Å²) in [6.07, 6.45) is 5.80. The molecule has 2 rings (SSSR count). The smallest absolute Gasteiger partial charge is 0.191 e. The van der Waals surface area contributed by atoms with E-state index in [1.165, 1.54) is 19.3 Å². The van der Waals surface area contributed by atoms with Gasteiger partial charge < -0.3 is 15.2 Å². The van der Waals surface area contributed by atoms with E-state index in [0.717, 1.165) is 37.0 Å². The van der Waals surface area contributed by atoms with Crippen molar-refractivity contribution in [3.8, 4) is 0 Å². The molecule has 0 spiro atoms. The van der Waals surface area contributed by atoms with Crippen LogP contribution < -0.4 is 10.6 Å². The van der Waals surface area contributed by atoms with E-state index in [1.54, 1.807) is 0 Å². The Hall–Kier alpha value is -1.59. The van der Waals surface area contributed by atoms with Crippen LogP contribution in [0.25, 0.3) is 0 Å². The average molecular weight is 320 g/mol. The van der Waals surface area contributed by atoms with E-state index in [0.29, 0.717) is 18.0 Å². The number of hydrogen-bond acceptors (Lipinski definition) is 3. The van der Waals surface area contributed by atoms with Crippen molar-refractivity contribution < 1.29 is 0 Å². The van der Waals surface area contributed by atoms with Crippen molar-refractivity contribution >= 4 is 5.96 Å². The van der Waals surface area contributed by atoms with E-state index in [2.05, 4.69) is 58.1 Å². The number of fused-ring (bicyclic) bond motifs is 1. The van der Waals surface area contributed by atoms with Gasteiger partial charge in [-0.05, 0) is 38.0 Å². The Morgan fingerprint density at radius 1 is 1.30 bits per heavy atom. The van der Waals surface area contributed by atoms with Gasteiger partial charge in [0.1, 0.15) is 5.82 Å². The minimum Gasteiger partial charge on any atom is -0.354 e. The largest absolute Gasteiger partial charge is 0.354 e. The molecule has 0 bridgehead atoms. The van der Waals surface area contributed by atoms with Gasteiger partial charge in [0.25, 0.3) is 0 Å². The maximum atomic E-state index is 4.32. The van der Waals surface area contributed by atoms with Crippen LogP contribution in [0.1, 0.15) is 65.0 Å². The molecule has 1 aliphatic heterocycles. The topological polar surface area (TPSA) is 67.1 Å². The van der Waals surface area contributed by atoms with Gasteiger partial charge in [-0.1, -0.05) is 20.8 Å². The Morgan fingerprint density at radius 2 is 2.09 bits per heavy atom. The zero-order chi connectivity index (χ0) is 16.9. The van der Waals surface area contributed by atoms with Crippen LogP contribution in [0.5, 0.6) is 0 Å². The molecule has 6 heteroatoms. The molecular weight excluding hydrogens is 288 g/mol. The van der Waals surface area contributed by atoms with Crippen molar-refractivity contribution in [1.82, 2.24) is 25.4 Å². The number of aromatic nitrogens is 3. The number of hydrogen-bond donors (Lipinski definition) is 2. The second-order valence-corrected chi connectivity index (χ2v) is 7.71. The van der Waals surface area contributed by atoms with Gasteiger partial charge >= 0.3 is 0 Å². The zero-order valence-corrected chi connectivity index (χ0v) is 15.3. The molecule has 2 heterocycles. The molecule has 1 aliphatic rings. The molecule has 1 aromatic rings. The number of guanidine groups is 1. The van der Waals surface area contributed by atoms with E-state index in [9.17, 15) is 0 Å². The molecule has 0 fully saturated rings. The lowest BCUT2D eigenvalue weighted by molar-refractivity contribution is 0.346. The quantitative estimate of drug-likeness (QED) is 0.646. The Labute approximate surface area is 140 Å². The van der Waals surface area contributed by atoms with Crippen molar-refractivity contribution in [3.63, 3.8) is 0 Å². The van der Waals surface area contributed by atoms with Crippen molar-refractivity contribution in [1.29, 1.82) is 0 Å². The molecule has 0 radical (unpaired) electrons. The van der Waals surface area contributed by atoms with Crippen LogP contribution in [-0.4, -0.2) is 33.8 Å². The Kier molecular flexibility index (Phi) is 6.02. The molecule has 1 unspecified atom stereocenters. The van der Waals surface area contributed by atoms with E-state index in [-0.39, 0.29) is 0 Å². The van der Waals surface area contributed by atoms with Gasteiger partial charge in [-0.3, -0.25) is 4.99 Å². The minimum absolute atomic E-state index is 0.369. The van der Waals surface area contributed by atoms with E-state index >= 15 is 0 Å². The third-order valence-electron chi connectivity index (χ3n) is 4.28. The summed E-state index contributed by atoms with van der Waals surface area (Å²) in [5, 5.41) is 15.4. The molecule has 0 saturated carbocycles. The summed E-state index contributed by atoms with van der Waals surface area (Å²) in [5.41, 5.74) is 0.369. The highest BCUT2D eigenvalue weighted by Crippen LogP contribution is 2.21. The van der Waals surface area contributed by atoms with Gasteiger partial charge in [0.2, 0.25) is 0 Å². The summed E-state index contributed by atoms with van der Waals surface area (Å²) in [6, 6.07) is 0.396. The summed E-state index contributed by atoms with van der Waals surface area (Å²) < 4.78 is 2.24. The molecule has 0 amide bonds. The van der Waals surface area contributed by atoms with Crippen LogP contribution in [0, 0.1) is 5.41 Å². The molecule has 0 aromatic carbocycles. The molecule has 23 heavy (non-hydrogen) atoms. The lowest BCUT2D eigenvalue weighted by Crippen LogP contribution is -2.42. The molecule has 0 aliphatic carbocycles. The number of aliphatic imine (C=N–C) groups is 1. The van der Waals surface area contributed by atoms with Crippen LogP contribution >= 0.6 is 0 Å². The highest BCUT2D eigenvalue weighted by Gasteiger charge is 2.16. The van der Waals surface area contributed by atoms with Gasteiger partial charge in [0.15, 0.2) is 11.8 Å². The van der Waals surface area contributed by atoms with Crippen molar-refractivity contribution in [2.24, 2.45) is 10.4 Å². The molecule has 1 atom stereocenters. The summed E-state index contributed by atoms with van der Waals surface area (Å²) in [6.45, 7) is 10.7. The third kappa shape index (κ3) is 5.52. The predicted molar refractivity (Wildman–Crippen MR) is 94.4 cm³/mol. The Bertz CT molecular complexity index is 526. The van der Waals surface area contributed by atoms with Gasteiger partial charge in [-0.2, -0.15) is 0 Å². The summed E-state index contributed by atoms with van der Waals surface area (Å²) in [7, 11) is 1.81.